The Morgan fingerprint density at radius 1 is 0.968 bits per heavy atom. The minimum absolute atomic E-state index is 0.0180. The molecular formula is C19H25N7O4S. The van der Waals surface area contributed by atoms with Gasteiger partial charge in [-0.15, -0.1) is 5.10 Å². The van der Waals surface area contributed by atoms with E-state index in [0.717, 1.165) is 0 Å². The average molecular weight is 448 g/mol. The summed E-state index contributed by atoms with van der Waals surface area (Å²) in [5.41, 5.74) is 0.705. The molecule has 0 unspecified atom stereocenters. The van der Waals surface area contributed by atoms with Gasteiger partial charge in [-0.25, -0.2) is 0 Å². The van der Waals surface area contributed by atoms with Crippen LogP contribution >= 0.6 is 11.8 Å². The van der Waals surface area contributed by atoms with Crippen LogP contribution in [0.15, 0.2) is 29.4 Å². The van der Waals surface area contributed by atoms with Crippen molar-refractivity contribution in [2.45, 2.75) is 5.16 Å². The molecule has 0 radical (unpaired) electrons. The number of thioether (sulfide) groups is 1. The Hall–Kier alpha value is -2.70. The highest BCUT2D eigenvalue weighted by Gasteiger charge is 2.25. The number of amides is 2. The highest BCUT2D eigenvalue weighted by molar-refractivity contribution is 7.99. The van der Waals surface area contributed by atoms with E-state index in [0.29, 0.717) is 69.9 Å². The van der Waals surface area contributed by atoms with E-state index in [9.17, 15) is 14.7 Å². The number of phenols is 1. The van der Waals surface area contributed by atoms with Gasteiger partial charge in [0, 0.05) is 39.3 Å². The Balaban J connectivity index is 1.23. The summed E-state index contributed by atoms with van der Waals surface area (Å²) < 4.78 is 6.82. The summed E-state index contributed by atoms with van der Waals surface area (Å²) in [4.78, 5) is 30.8. The number of hydrogen-bond donors (Lipinski definition) is 1. The zero-order chi connectivity index (χ0) is 21.6. The quantitative estimate of drug-likeness (QED) is 0.583. The van der Waals surface area contributed by atoms with E-state index in [1.54, 1.807) is 24.3 Å². The number of nitrogens with zero attached hydrogens (tertiary/aromatic N) is 7. The summed E-state index contributed by atoms with van der Waals surface area (Å²) in [5, 5.41) is 21.6. The maximum atomic E-state index is 12.6. The van der Waals surface area contributed by atoms with Crippen LogP contribution in [0.5, 0.6) is 5.75 Å². The maximum absolute atomic E-state index is 12.6. The van der Waals surface area contributed by atoms with E-state index in [1.165, 1.54) is 16.4 Å². The fraction of sp³-hybridized carbons (Fsp3) is 0.526. The molecule has 2 saturated heterocycles. The molecule has 2 aliphatic heterocycles. The van der Waals surface area contributed by atoms with Crippen LogP contribution in [0.4, 0.5) is 0 Å². The van der Waals surface area contributed by atoms with Gasteiger partial charge >= 0.3 is 0 Å². The number of ether oxygens (including phenoxy) is 1. The Labute approximate surface area is 183 Å². The molecule has 2 fully saturated rings. The Morgan fingerprint density at radius 2 is 1.65 bits per heavy atom. The minimum Gasteiger partial charge on any atom is -0.508 e. The number of carbonyl (C=O) groups excluding carboxylic acids is 2. The fourth-order valence-corrected chi connectivity index (χ4v) is 4.30. The summed E-state index contributed by atoms with van der Waals surface area (Å²) in [6.07, 6.45) is 0. The molecule has 2 aromatic rings. The minimum atomic E-state index is 0.0180. The monoisotopic (exact) mass is 447 g/mol. The molecule has 1 aromatic heterocycles. The SMILES string of the molecule is O=C(CSc1nnnn1-c1ccc(O)cc1)N1CCN(CC(=O)N2CCOCC2)CC1. The lowest BCUT2D eigenvalue weighted by atomic mass is 10.3. The van der Waals surface area contributed by atoms with Crippen LogP contribution in [-0.4, -0.2) is 117 Å². The third-order valence-electron chi connectivity index (χ3n) is 5.31. The molecule has 0 aliphatic carbocycles. The lowest BCUT2D eigenvalue weighted by molar-refractivity contribution is -0.137. The summed E-state index contributed by atoms with van der Waals surface area (Å²) in [7, 11) is 0. The third kappa shape index (κ3) is 5.51. The second-order valence-electron chi connectivity index (χ2n) is 7.33. The van der Waals surface area contributed by atoms with Gasteiger partial charge in [0.2, 0.25) is 17.0 Å². The summed E-state index contributed by atoms with van der Waals surface area (Å²) >= 11 is 1.27. The van der Waals surface area contributed by atoms with Crippen LogP contribution in [-0.2, 0) is 14.3 Å². The lowest BCUT2D eigenvalue weighted by Gasteiger charge is -2.36. The standard InChI is InChI=1S/C19H25N7O4S/c27-16-3-1-15(2-4-16)26-19(20-21-22-26)31-14-18(29)24-7-5-23(6-8-24)13-17(28)25-9-11-30-12-10-25/h1-4,27H,5-14H2. The molecule has 0 bridgehead atoms. The molecule has 2 amide bonds. The average Bonchev–Trinajstić information content (AvgIpc) is 3.27. The van der Waals surface area contributed by atoms with Crippen LogP contribution in [0.25, 0.3) is 5.69 Å². The molecule has 0 saturated carbocycles. The highest BCUT2D eigenvalue weighted by atomic mass is 32.2. The van der Waals surface area contributed by atoms with Crippen molar-refractivity contribution in [2.75, 3.05) is 64.8 Å². The lowest BCUT2D eigenvalue weighted by Crippen LogP contribution is -2.53. The number of morpholine rings is 1. The molecule has 1 aromatic carbocycles. The van der Waals surface area contributed by atoms with E-state index in [-0.39, 0.29) is 23.3 Å². The van der Waals surface area contributed by atoms with E-state index < -0.39 is 0 Å². The number of benzene rings is 1. The second-order valence-corrected chi connectivity index (χ2v) is 8.27. The zero-order valence-electron chi connectivity index (χ0n) is 17.1. The molecule has 0 atom stereocenters. The molecule has 12 heteroatoms. The molecule has 3 heterocycles. The number of aromatic hydroxyl groups is 1. The van der Waals surface area contributed by atoms with Crippen LogP contribution in [0, 0.1) is 0 Å². The number of rotatable bonds is 6. The number of phenolic OH excluding ortho intramolecular Hbond substituents is 1. The van der Waals surface area contributed by atoms with E-state index in [1.807, 2.05) is 9.80 Å². The first-order valence-electron chi connectivity index (χ1n) is 10.2. The molecule has 31 heavy (non-hydrogen) atoms. The number of hydrogen-bond acceptors (Lipinski definition) is 9. The Bertz CT molecular complexity index is 893. The summed E-state index contributed by atoms with van der Waals surface area (Å²) in [5.74, 6) is 0.529. The van der Waals surface area contributed by atoms with E-state index in [2.05, 4.69) is 20.4 Å². The predicted octanol–water partition coefficient (Wildman–Crippen LogP) is -0.537. The van der Waals surface area contributed by atoms with Gasteiger partial charge in [-0.05, 0) is 34.7 Å². The summed E-state index contributed by atoms with van der Waals surface area (Å²) in [6, 6.07) is 6.52. The van der Waals surface area contributed by atoms with Crippen molar-refractivity contribution < 1.29 is 19.4 Å². The number of piperazine rings is 1. The topological polar surface area (TPSA) is 117 Å². The van der Waals surface area contributed by atoms with Crippen LogP contribution in [0.2, 0.25) is 0 Å². The molecule has 2 aliphatic rings. The summed E-state index contributed by atoms with van der Waals surface area (Å²) in [6.45, 7) is 5.44. The van der Waals surface area contributed by atoms with Crippen molar-refractivity contribution in [3.05, 3.63) is 24.3 Å². The van der Waals surface area contributed by atoms with Gasteiger partial charge in [0.05, 0.1) is 31.2 Å². The normalized spacial score (nSPS) is 17.7. The molecule has 0 spiro atoms. The first kappa shape index (κ1) is 21.5. The third-order valence-corrected chi connectivity index (χ3v) is 6.21. The van der Waals surface area contributed by atoms with Gasteiger partial charge in [-0.2, -0.15) is 4.68 Å². The molecule has 11 nitrogen and oxygen atoms in total. The van der Waals surface area contributed by atoms with Gasteiger partial charge in [-0.3, -0.25) is 14.5 Å². The van der Waals surface area contributed by atoms with E-state index in [4.69, 9.17) is 4.74 Å². The predicted molar refractivity (Wildman–Crippen MR) is 112 cm³/mol. The Kier molecular flexibility index (Phi) is 6.99. The van der Waals surface area contributed by atoms with Crippen LogP contribution in [0.3, 0.4) is 0 Å². The van der Waals surface area contributed by atoms with Crippen LogP contribution in [0.1, 0.15) is 0 Å². The zero-order valence-corrected chi connectivity index (χ0v) is 17.9. The molecule has 166 valence electrons. The first-order valence-corrected chi connectivity index (χ1v) is 11.1. The van der Waals surface area contributed by atoms with Crippen molar-refractivity contribution in [1.82, 2.24) is 34.9 Å². The molecule has 4 rings (SSSR count). The fourth-order valence-electron chi connectivity index (χ4n) is 3.50. The van der Waals surface area contributed by atoms with Crippen molar-refractivity contribution >= 4 is 23.6 Å². The van der Waals surface area contributed by atoms with Crippen molar-refractivity contribution in [3.8, 4) is 11.4 Å². The van der Waals surface area contributed by atoms with Gasteiger partial charge in [-0.1, -0.05) is 11.8 Å². The Morgan fingerprint density at radius 3 is 2.35 bits per heavy atom. The second kappa shape index (κ2) is 10.1. The van der Waals surface area contributed by atoms with E-state index >= 15 is 0 Å². The molecule has 1 N–H and O–H groups in total. The maximum Gasteiger partial charge on any atom is 0.236 e. The van der Waals surface area contributed by atoms with Gasteiger partial charge in [0.15, 0.2) is 0 Å². The van der Waals surface area contributed by atoms with Crippen molar-refractivity contribution in [3.63, 3.8) is 0 Å². The number of tetrazole rings is 1. The van der Waals surface area contributed by atoms with Crippen LogP contribution < -0.4 is 0 Å². The van der Waals surface area contributed by atoms with Gasteiger partial charge in [0.1, 0.15) is 5.75 Å². The van der Waals surface area contributed by atoms with Crippen molar-refractivity contribution in [1.29, 1.82) is 0 Å². The highest BCUT2D eigenvalue weighted by Crippen LogP contribution is 2.20. The van der Waals surface area contributed by atoms with Gasteiger partial charge < -0.3 is 19.6 Å². The van der Waals surface area contributed by atoms with Gasteiger partial charge in [0.25, 0.3) is 0 Å². The molecular weight excluding hydrogens is 422 g/mol. The smallest absolute Gasteiger partial charge is 0.236 e. The number of carbonyl (C=O) groups is 2. The number of aromatic nitrogens is 4. The first-order chi connectivity index (χ1) is 15.1. The largest absolute Gasteiger partial charge is 0.508 e. The van der Waals surface area contributed by atoms with Crippen molar-refractivity contribution in [2.24, 2.45) is 0 Å².